The van der Waals surface area contributed by atoms with E-state index in [1.54, 1.807) is 19.1 Å². The maximum absolute atomic E-state index is 11.1. The van der Waals surface area contributed by atoms with Gasteiger partial charge in [-0.15, -0.1) is 0 Å². The Morgan fingerprint density at radius 3 is 2.67 bits per heavy atom. The lowest BCUT2D eigenvalue weighted by Gasteiger charge is -2.13. The van der Waals surface area contributed by atoms with E-state index in [4.69, 9.17) is 5.11 Å². The maximum atomic E-state index is 11.1. The molecule has 0 saturated heterocycles. The summed E-state index contributed by atoms with van der Waals surface area (Å²) in [5.74, 6) is -1.32. The highest BCUT2D eigenvalue weighted by atomic mass is 16.6. The predicted molar refractivity (Wildman–Crippen MR) is 67.6 cm³/mol. The first kappa shape index (κ1) is 14.2. The van der Waals surface area contributed by atoms with Crippen LogP contribution in [-0.2, 0) is 11.2 Å². The second kappa shape index (κ2) is 6.14. The van der Waals surface area contributed by atoms with E-state index < -0.39 is 16.8 Å². The molecule has 1 aromatic rings. The fourth-order valence-corrected chi connectivity index (χ4v) is 2.02. The summed E-state index contributed by atoms with van der Waals surface area (Å²) in [7, 11) is 0. The molecule has 0 aliphatic rings. The van der Waals surface area contributed by atoms with Crippen LogP contribution in [0.1, 0.15) is 30.9 Å². The molecule has 1 rings (SSSR count). The van der Waals surface area contributed by atoms with Crippen molar-refractivity contribution in [3.8, 4) is 0 Å². The van der Waals surface area contributed by atoms with Crippen molar-refractivity contribution in [1.29, 1.82) is 0 Å². The lowest BCUT2D eigenvalue weighted by atomic mass is 9.92. The van der Waals surface area contributed by atoms with E-state index in [1.807, 2.05) is 6.92 Å². The first-order valence-electron chi connectivity index (χ1n) is 5.93. The molecule has 18 heavy (non-hydrogen) atoms. The van der Waals surface area contributed by atoms with Gasteiger partial charge in [-0.25, -0.2) is 0 Å². The zero-order valence-corrected chi connectivity index (χ0v) is 10.5. The summed E-state index contributed by atoms with van der Waals surface area (Å²) >= 11 is 0. The summed E-state index contributed by atoms with van der Waals surface area (Å²) in [6, 6.07) is 4.80. The molecule has 0 radical (unpaired) electrons. The molecule has 5 heteroatoms. The molecular formula is C13H17NO4. The number of benzene rings is 1. The summed E-state index contributed by atoms with van der Waals surface area (Å²) in [6.07, 6.45) is 1.71. The zero-order valence-electron chi connectivity index (χ0n) is 10.5. The topological polar surface area (TPSA) is 80.4 Å². The molecule has 0 aromatic heterocycles. The molecule has 0 fully saturated rings. The number of rotatable bonds is 6. The molecule has 0 spiro atoms. The Hall–Kier alpha value is -1.91. The number of aliphatic carboxylic acids is 1. The Labute approximate surface area is 106 Å². The van der Waals surface area contributed by atoms with Gasteiger partial charge in [0.05, 0.1) is 10.8 Å². The normalized spacial score (nSPS) is 12.1. The summed E-state index contributed by atoms with van der Waals surface area (Å²) in [6.45, 7) is 3.59. The zero-order chi connectivity index (χ0) is 13.7. The van der Waals surface area contributed by atoms with Crippen LogP contribution >= 0.6 is 0 Å². The fraction of sp³-hybridized carbons (Fsp3) is 0.462. The van der Waals surface area contributed by atoms with Crippen LogP contribution in [0.3, 0.4) is 0 Å². The van der Waals surface area contributed by atoms with Crippen molar-refractivity contribution in [3.63, 3.8) is 0 Å². The van der Waals surface area contributed by atoms with Gasteiger partial charge in [0.15, 0.2) is 0 Å². The molecular weight excluding hydrogens is 234 g/mol. The van der Waals surface area contributed by atoms with Crippen molar-refractivity contribution in [3.05, 3.63) is 39.4 Å². The Morgan fingerprint density at radius 2 is 2.17 bits per heavy atom. The van der Waals surface area contributed by atoms with Gasteiger partial charge in [-0.3, -0.25) is 14.9 Å². The number of nitrogens with zero attached hydrogens (tertiary/aromatic N) is 1. The largest absolute Gasteiger partial charge is 0.481 e. The summed E-state index contributed by atoms with van der Waals surface area (Å²) in [4.78, 5) is 21.5. The third kappa shape index (κ3) is 3.29. The van der Waals surface area contributed by atoms with E-state index in [-0.39, 0.29) is 5.69 Å². The minimum atomic E-state index is -0.845. The molecule has 0 aliphatic heterocycles. The average Bonchev–Trinajstić information content (AvgIpc) is 2.30. The first-order valence-corrected chi connectivity index (χ1v) is 5.93. The lowest BCUT2D eigenvalue weighted by Crippen LogP contribution is -2.17. The number of carboxylic acids is 1. The Morgan fingerprint density at radius 1 is 1.50 bits per heavy atom. The van der Waals surface area contributed by atoms with Gasteiger partial charge in [0.2, 0.25) is 0 Å². The quantitative estimate of drug-likeness (QED) is 0.622. The number of carbonyl (C=O) groups is 1. The van der Waals surface area contributed by atoms with Crippen LogP contribution in [0.4, 0.5) is 5.69 Å². The minimum absolute atomic E-state index is 0.0492. The highest BCUT2D eigenvalue weighted by Gasteiger charge is 2.20. The molecule has 1 atom stereocenters. The molecule has 98 valence electrons. The SMILES string of the molecule is CCCC(Cc1cccc([N+](=O)[O-])c1C)C(=O)O. The second-order valence-corrected chi connectivity index (χ2v) is 4.35. The monoisotopic (exact) mass is 251 g/mol. The van der Waals surface area contributed by atoms with Crippen LogP contribution in [0.25, 0.3) is 0 Å². The molecule has 0 aliphatic carbocycles. The van der Waals surface area contributed by atoms with Gasteiger partial charge in [-0.1, -0.05) is 25.5 Å². The number of nitro groups is 1. The van der Waals surface area contributed by atoms with Crippen molar-refractivity contribution in [2.45, 2.75) is 33.1 Å². The molecule has 0 saturated carbocycles. The number of hydrogen-bond acceptors (Lipinski definition) is 3. The average molecular weight is 251 g/mol. The van der Waals surface area contributed by atoms with Crippen LogP contribution in [0.2, 0.25) is 0 Å². The van der Waals surface area contributed by atoms with Crippen LogP contribution in [0.15, 0.2) is 18.2 Å². The predicted octanol–water partition coefficient (Wildman–Crippen LogP) is 2.95. The van der Waals surface area contributed by atoms with Gasteiger partial charge in [0.1, 0.15) is 0 Å². The van der Waals surface area contributed by atoms with Crippen molar-refractivity contribution in [1.82, 2.24) is 0 Å². The van der Waals surface area contributed by atoms with Gasteiger partial charge >= 0.3 is 5.97 Å². The molecule has 5 nitrogen and oxygen atoms in total. The third-order valence-corrected chi connectivity index (χ3v) is 3.07. The smallest absolute Gasteiger partial charge is 0.306 e. The highest BCUT2D eigenvalue weighted by Crippen LogP contribution is 2.24. The Kier molecular flexibility index (Phi) is 4.83. The van der Waals surface area contributed by atoms with Gasteiger partial charge in [-0.05, 0) is 25.3 Å². The molecule has 0 bridgehead atoms. The lowest BCUT2D eigenvalue weighted by molar-refractivity contribution is -0.385. The maximum Gasteiger partial charge on any atom is 0.306 e. The molecule has 0 heterocycles. The number of hydrogen-bond donors (Lipinski definition) is 1. The van der Waals surface area contributed by atoms with Crippen LogP contribution in [0, 0.1) is 23.0 Å². The van der Waals surface area contributed by atoms with E-state index in [9.17, 15) is 14.9 Å². The standard InChI is InChI=1S/C13H17NO4/c1-3-5-11(13(15)16)8-10-6-4-7-12(9(10)2)14(17)18/h4,6-7,11H,3,5,8H2,1-2H3,(H,15,16). The van der Waals surface area contributed by atoms with Crippen LogP contribution in [0.5, 0.6) is 0 Å². The van der Waals surface area contributed by atoms with E-state index in [0.29, 0.717) is 18.4 Å². The molecule has 1 N–H and O–H groups in total. The minimum Gasteiger partial charge on any atom is -0.481 e. The van der Waals surface area contributed by atoms with E-state index >= 15 is 0 Å². The van der Waals surface area contributed by atoms with Gasteiger partial charge in [0.25, 0.3) is 5.69 Å². The summed E-state index contributed by atoms with van der Waals surface area (Å²) in [5, 5.41) is 19.9. The van der Waals surface area contributed by atoms with Crippen LogP contribution < -0.4 is 0 Å². The van der Waals surface area contributed by atoms with Gasteiger partial charge in [0, 0.05) is 11.6 Å². The van der Waals surface area contributed by atoms with Gasteiger partial charge in [-0.2, -0.15) is 0 Å². The number of carboxylic acid groups (broad SMARTS) is 1. The van der Waals surface area contributed by atoms with Crippen LogP contribution in [-0.4, -0.2) is 16.0 Å². The van der Waals surface area contributed by atoms with E-state index in [1.165, 1.54) is 6.07 Å². The second-order valence-electron chi connectivity index (χ2n) is 4.35. The van der Waals surface area contributed by atoms with Gasteiger partial charge < -0.3 is 5.11 Å². The Bertz CT molecular complexity index is 456. The third-order valence-electron chi connectivity index (χ3n) is 3.07. The first-order chi connectivity index (χ1) is 8.47. The van der Waals surface area contributed by atoms with Crippen molar-refractivity contribution >= 4 is 11.7 Å². The van der Waals surface area contributed by atoms with E-state index in [0.717, 1.165) is 12.0 Å². The molecule has 1 aromatic carbocycles. The molecule has 0 amide bonds. The highest BCUT2D eigenvalue weighted by molar-refractivity contribution is 5.70. The summed E-state index contributed by atoms with van der Waals surface area (Å²) < 4.78 is 0. The Balaban J connectivity index is 2.99. The van der Waals surface area contributed by atoms with Crippen molar-refractivity contribution in [2.24, 2.45) is 5.92 Å². The fourth-order valence-electron chi connectivity index (χ4n) is 2.02. The van der Waals surface area contributed by atoms with Crippen molar-refractivity contribution < 1.29 is 14.8 Å². The number of nitro benzene ring substituents is 1. The molecule has 1 unspecified atom stereocenters. The van der Waals surface area contributed by atoms with E-state index in [2.05, 4.69) is 0 Å². The summed E-state index contributed by atoms with van der Waals surface area (Å²) in [5.41, 5.74) is 1.35. The van der Waals surface area contributed by atoms with Crippen molar-refractivity contribution in [2.75, 3.05) is 0 Å².